The lowest BCUT2D eigenvalue weighted by Gasteiger charge is -1.99. The first-order chi connectivity index (χ1) is 5.72. The highest BCUT2D eigenvalue weighted by molar-refractivity contribution is 5.76. The molecular weight excluding hydrogens is 156 g/mol. The minimum absolute atomic E-state index is 0.171. The average molecular weight is 166 g/mol. The number of ether oxygens (including phenoxy) is 1. The molecule has 2 N–H and O–H groups in total. The molecule has 0 spiro atoms. The number of hydrogen-bond acceptors (Lipinski definition) is 3. The van der Waals surface area contributed by atoms with E-state index < -0.39 is 0 Å². The summed E-state index contributed by atoms with van der Waals surface area (Å²) in [6, 6.07) is 3.45. The normalized spacial score (nSPS) is 9.42. The summed E-state index contributed by atoms with van der Waals surface area (Å²) in [5, 5.41) is 0. The van der Waals surface area contributed by atoms with E-state index in [1.165, 1.54) is 0 Å². The van der Waals surface area contributed by atoms with Crippen molar-refractivity contribution in [2.75, 3.05) is 7.11 Å². The van der Waals surface area contributed by atoms with Gasteiger partial charge in [0.1, 0.15) is 5.75 Å². The van der Waals surface area contributed by atoms with Crippen molar-refractivity contribution in [1.82, 2.24) is 4.98 Å². The largest absolute Gasteiger partial charge is 0.495 e. The molecule has 0 saturated heterocycles. The summed E-state index contributed by atoms with van der Waals surface area (Å²) in [6.07, 6.45) is 1.72. The lowest BCUT2D eigenvalue weighted by atomic mass is 10.2. The minimum Gasteiger partial charge on any atom is -0.495 e. The quantitative estimate of drug-likeness (QED) is 0.693. The summed E-state index contributed by atoms with van der Waals surface area (Å²) in [5.41, 5.74) is 5.64. The molecule has 12 heavy (non-hydrogen) atoms. The average Bonchev–Trinajstić information content (AvgIpc) is 2.05. The zero-order valence-electron chi connectivity index (χ0n) is 6.78. The maximum absolute atomic E-state index is 10.5. The number of aromatic nitrogens is 1. The molecule has 0 aliphatic heterocycles. The SMILES string of the molecule is COc1ccc(CC(N)=O)nc1. The number of rotatable bonds is 3. The third-order valence-electron chi connectivity index (χ3n) is 1.39. The van der Waals surface area contributed by atoms with Crippen LogP contribution in [0, 0.1) is 0 Å². The molecule has 0 aromatic carbocycles. The Morgan fingerprint density at radius 1 is 1.67 bits per heavy atom. The zero-order valence-corrected chi connectivity index (χ0v) is 6.78. The van der Waals surface area contributed by atoms with Gasteiger partial charge in [-0.05, 0) is 12.1 Å². The van der Waals surface area contributed by atoms with Gasteiger partial charge in [-0.1, -0.05) is 0 Å². The van der Waals surface area contributed by atoms with E-state index in [1.54, 1.807) is 25.4 Å². The standard InChI is InChI=1S/C8H10N2O2/c1-12-7-3-2-6(10-5-7)4-8(9)11/h2-3,5H,4H2,1H3,(H2,9,11). The van der Waals surface area contributed by atoms with Gasteiger partial charge in [-0.15, -0.1) is 0 Å². The number of carbonyl (C=O) groups excluding carboxylic acids is 1. The fourth-order valence-corrected chi connectivity index (χ4v) is 0.815. The Bertz CT molecular complexity index is 269. The summed E-state index contributed by atoms with van der Waals surface area (Å²) in [7, 11) is 1.56. The molecule has 1 aromatic heterocycles. The molecule has 0 bridgehead atoms. The molecule has 0 radical (unpaired) electrons. The number of carbonyl (C=O) groups is 1. The number of primary amides is 1. The van der Waals surface area contributed by atoms with Gasteiger partial charge in [0.05, 0.1) is 19.7 Å². The first-order valence-corrected chi connectivity index (χ1v) is 3.49. The summed E-state index contributed by atoms with van der Waals surface area (Å²) in [6.45, 7) is 0. The van der Waals surface area contributed by atoms with Crippen molar-refractivity contribution in [3.8, 4) is 5.75 Å². The zero-order chi connectivity index (χ0) is 8.97. The molecule has 4 nitrogen and oxygen atoms in total. The lowest BCUT2D eigenvalue weighted by Crippen LogP contribution is -2.14. The molecule has 0 aliphatic carbocycles. The van der Waals surface area contributed by atoms with Gasteiger partial charge in [-0.25, -0.2) is 0 Å². The summed E-state index contributed by atoms with van der Waals surface area (Å²) < 4.78 is 4.90. The third-order valence-corrected chi connectivity index (χ3v) is 1.39. The van der Waals surface area contributed by atoms with Crippen LogP contribution < -0.4 is 10.5 Å². The van der Waals surface area contributed by atoms with Gasteiger partial charge < -0.3 is 10.5 Å². The minimum atomic E-state index is -0.382. The topological polar surface area (TPSA) is 65.2 Å². The second-order valence-corrected chi connectivity index (χ2v) is 2.33. The number of pyridine rings is 1. The van der Waals surface area contributed by atoms with Crippen molar-refractivity contribution in [2.45, 2.75) is 6.42 Å². The predicted octanol–water partition coefficient (Wildman–Crippen LogP) is 0.118. The van der Waals surface area contributed by atoms with E-state index in [9.17, 15) is 4.79 Å². The highest BCUT2D eigenvalue weighted by atomic mass is 16.5. The molecule has 1 rings (SSSR count). The third kappa shape index (κ3) is 2.23. The molecule has 0 atom stereocenters. The van der Waals surface area contributed by atoms with Gasteiger partial charge >= 0.3 is 0 Å². The molecule has 0 aliphatic rings. The first kappa shape index (κ1) is 8.52. The van der Waals surface area contributed by atoms with Crippen LogP contribution in [-0.4, -0.2) is 18.0 Å². The molecular formula is C8H10N2O2. The van der Waals surface area contributed by atoms with Gasteiger partial charge in [0.15, 0.2) is 0 Å². The molecule has 1 amide bonds. The Kier molecular flexibility index (Phi) is 2.63. The Morgan fingerprint density at radius 3 is 2.83 bits per heavy atom. The number of methoxy groups -OCH3 is 1. The van der Waals surface area contributed by atoms with Crippen molar-refractivity contribution in [1.29, 1.82) is 0 Å². The van der Waals surface area contributed by atoms with Crippen LogP contribution in [-0.2, 0) is 11.2 Å². The second kappa shape index (κ2) is 3.71. The molecule has 1 heterocycles. The van der Waals surface area contributed by atoms with Gasteiger partial charge in [-0.2, -0.15) is 0 Å². The molecule has 0 unspecified atom stereocenters. The Labute approximate surface area is 70.4 Å². The smallest absolute Gasteiger partial charge is 0.223 e. The van der Waals surface area contributed by atoms with Gasteiger partial charge in [0.25, 0.3) is 0 Å². The molecule has 4 heteroatoms. The Hall–Kier alpha value is -1.58. The van der Waals surface area contributed by atoms with Crippen LogP contribution in [0.3, 0.4) is 0 Å². The van der Waals surface area contributed by atoms with Crippen molar-refractivity contribution < 1.29 is 9.53 Å². The monoisotopic (exact) mass is 166 g/mol. The van der Waals surface area contributed by atoms with E-state index in [0.29, 0.717) is 11.4 Å². The van der Waals surface area contributed by atoms with E-state index in [4.69, 9.17) is 10.5 Å². The predicted molar refractivity (Wildman–Crippen MR) is 43.7 cm³/mol. The van der Waals surface area contributed by atoms with Crippen LogP contribution >= 0.6 is 0 Å². The second-order valence-electron chi connectivity index (χ2n) is 2.33. The van der Waals surface area contributed by atoms with Crippen molar-refractivity contribution in [3.63, 3.8) is 0 Å². The van der Waals surface area contributed by atoms with Crippen LogP contribution in [0.25, 0.3) is 0 Å². The maximum atomic E-state index is 10.5. The van der Waals surface area contributed by atoms with Crippen LogP contribution in [0.15, 0.2) is 18.3 Å². The fraction of sp³-hybridized carbons (Fsp3) is 0.250. The van der Waals surface area contributed by atoms with E-state index in [0.717, 1.165) is 0 Å². The number of amides is 1. The van der Waals surface area contributed by atoms with Crippen molar-refractivity contribution in [3.05, 3.63) is 24.0 Å². The lowest BCUT2D eigenvalue weighted by molar-refractivity contribution is -0.117. The number of hydrogen-bond donors (Lipinski definition) is 1. The van der Waals surface area contributed by atoms with Crippen LogP contribution in [0.2, 0.25) is 0 Å². The van der Waals surface area contributed by atoms with Crippen molar-refractivity contribution >= 4 is 5.91 Å². The van der Waals surface area contributed by atoms with Crippen molar-refractivity contribution in [2.24, 2.45) is 5.73 Å². The molecule has 64 valence electrons. The highest BCUT2D eigenvalue weighted by Crippen LogP contribution is 2.07. The number of nitrogens with two attached hydrogens (primary N) is 1. The van der Waals surface area contributed by atoms with E-state index >= 15 is 0 Å². The van der Waals surface area contributed by atoms with E-state index in [2.05, 4.69) is 4.98 Å². The van der Waals surface area contributed by atoms with E-state index in [1.807, 2.05) is 0 Å². The van der Waals surface area contributed by atoms with Gasteiger partial charge in [-0.3, -0.25) is 9.78 Å². The Balaban J connectivity index is 2.71. The first-order valence-electron chi connectivity index (χ1n) is 3.49. The number of nitrogens with zero attached hydrogens (tertiary/aromatic N) is 1. The molecule has 1 aromatic rings. The van der Waals surface area contributed by atoms with Gasteiger partial charge in [0, 0.05) is 5.69 Å². The fourth-order valence-electron chi connectivity index (χ4n) is 0.815. The van der Waals surface area contributed by atoms with Crippen LogP contribution in [0.5, 0.6) is 5.75 Å². The molecule has 0 saturated carbocycles. The highest BCUT2D eigenvalue weighted by Gasteiger charge is 1.99. The summed E-state index contributed by atoms with van der Waals surface area (Å²) in [4.78, 5) is 14.4. The van der Waals surface area contributed by atoms with Crippen LogP contribution in [0.4, 0.5) is 0 Å². The summed E-state index contributed by atoms with van der Waals surface area (Å²) >= 11 is 0. The van der Waals surface area contributed by atoms with E-state index in [-0.39, 0.29) is 12.3 Å². The van der Waals surface area contributed by atoms with Crippen LogP contribution in [0.1, 0.15) is 5.69 Å². The van der Waals surface area contributed by atoms with Gasteiger partial charge in [0.2, 0.25) is 5.91 Å². The Morgan fingerprint density at radius 2 is 2.42 bits per heavy atom. The summed E-state index contributed by atoms with van der Waals surface area (Å²) in [5.74, 6) is 0.288. The maximum Gasteiger partial charge on any atom is 0.223 e. The molecule has 0 fully saturated rings.